The Hall–Kier alpha value is 0.137. The molecule has 0 atom stereocenters. The van der Waals surface area contributed by atoms with Crippen LogP contribution >= 0.6 is 0 Å². The fourth-order valence-electron chi connectivity index (χ4n) is 4.22. The molecule has 0 aromatic heterocycles. The van der Waals surface area contributed by atoms with Crippen molar-refractivity contribution >= 4 is 8.56 Å². The van der Waals surface area contributed by atoms with Crippen LogP contribution in [0.5, 0.6) is 0 Å². The van der Waals surface area contributed by atoms with Gasteiger partial charge in [0.05, 0.1) is 0 Å². The monoisotopic (exact) mass is 442 g/mol. The van der Waals surface area contributed by atoms with Crippen LogP contribution in [0.3, 0.4) is 0 Å². The summed E-state index contributed by atoms with van der Waals surface area (Å²) in [5, 5.41) is 0. The molecule has 0 radical (unpaired) electrons. The van der Waals surface area contributed by atoms with Crippen LogP contribution < -0.4 is 0 Å². The van der Waals surface area contributed by atoms with Gasteiger partial charge in [-0.2, -0.15) is 0 Å². The summed E-state index contributed by atoms with van der Waals surface area (Å²) < 4.78 is 12.7. The fraction of sp³-hybridized carbons (Fsp3) is 1.00. The van der Waals surface area contributed by atoms with Crippen molar-refractivity contribution in [1.82, 2.24) is 0 Å². The average Bonchev–Trinajstić information content (AvgIpc) is 2.77. The van der Waals surface area contributed by atoms with E-state index in [1.165, 1.54) is 122 Å². The van der Waals surface area contributed by atoms with Crippen molar-refractivity contribution < 1.29 is 8.85 Å². The van der Waals surface area contributed by atoms with E-state index in [-0.39, 0.29) is 0 Å². The third kappa shape index (κ3) is 18.9. The van der Waals surface area contributed by atoms with Gasteiger partial charge in [0.15, 0.2) is 0 Å². The molecule has 0 aromatic rings. The third-order valence-electron chi connectivity index (χ3n) is 6.55. The second kappa shape index (κ2) is 23.8. The highest BCUT2D eigenvalue weighted by molar-refractivity contribution is 6.67. The number of hydrogen-bond acceptors (Lipinski definition) is 2. The molecule has 0 aliphatic heterocycles. The van der Waals surface area contributed by atoms with Crippen LogP contribution in [0.25, 0.3) is 0 Å². The molecular weight excluding hydrogens is 384 g/mol. The lowest BCUT2D eigenvalue weighted by molar-refractivity contribution is 0.163. The summed E-state index contributed by atoms with van der Waals surface area (Å²) in [4.78, 5) is 0. The Morgan fingerprint density at radius 3 is 0.900 bits per heavy atom. The number of unbranched alkanes of at least 4 members (excludes halogenated alkanes) is 17. The van der Waals surface area contributed by atoms with Crippen LogP contribution in [-0.2, 0) is 8.85 Å². The van der Waals surface area contributed by atoms with E-state index < -0.39 is 8.56 Å². The second-order valence-electron chi connectivity index (χ2n) is 9.33. The molecule has 182 valence electrons. The van der Waals surface area contributed by atoms with Crippen LogP contribution in [0.1, 0.15) is 150 Å². The average molecular weight is 443 g/mol. The zero-order valence-electron chi connectivity index (χ0n) is 21.6. The standard InChI is InChI=1S/C27H58O2Si/c1-5-9-11-13-14-15-16-17-18-19-20-21-23-25-27-29-30(7-3,8-4)28-26-24-22-12-10-6-2/h5-27H2,1-4H3. The predicted octanol–water partition coefficient (Wildman–Crippen LogP) is 9.95. The van der Waals surface area contributed by atoms with E-state index in [1.807, 2.05) is 0 Å². The van der Waals surface area contributed by atoms with E-state index in [0.717, 1.165) is 25.3 Å². The van der Waals surface area contributed by atoms with Crippen molar-refractivity contribution in [3.05, 3.63) is 0 Å². The van der Waals surface area contributed by atoms with Gasteiger partial charge >= 0.3 is 8.56 Å². The van der Waals surface area contributed by atoms with Gasteiger partial charge in [-0.05, 0) is 24.9 Å². The third-order valence-corrected chi connectivity index (χ3v) is 10.2. The van der Waals surface area contributed by atoms with Gasteiger partial charge in [-0.3, -0.25) is 0 Å². The van der Waals surface area contributed by atoms with Crippen LogP contribution in [0.15, 0.2) is 0 Å². The molecule has 0 saturated carbocycles. The lowest BCUT2D eigenvalue weighted by Gasteiger charge is -2.29. The summed E-state index contributed by atoms with van der Waals surface area (Å²) in [5.74, 6) is 0. The first-order chi connectivity index (χ1) is 14.7. The van der Waals surface area contributed by atoms with Gasteiger partial charge in [0.1, 0.15) is 0 Å². The van der Waals surface area contributed by atoms with E-state index in [4.69, 9.17) is 8.85 Å². The highest BCUT2D eigenvalue weighted by Crippen LogP contribution is 2.20. The van der Waals surface area contributed by atoms with Crippen molar-refractivity contribution in [2.75, 3.05) is 13.2 Å². The largest absolute Gasteiger partial charge is 0.394 e. The van der Waals surface area contributed by atoms with E-state index >= 15 is 0 Å². The Kier molecular flexibility index (Phi) is 23.9. The zero-order valence-corrected chi connectivity index (χ0v) is 22.6. The zero-order chi connectivity index (χ0) is 22.2. The minimum atomic E-state index is -1.92. The Morgan fingerprint density at radius 2 is 0.633 bits per heavy atom. The topological polar surface area (TPSA) is 18.5 Å². The number of hydrogen-bond donors (Lipinski definition) is 0. The molecule has 2 nitrogen and oxygen atoms in total. The van der Waals surface area contributed by atoms with Gasteiger partial charge in [-0.25, -0.2) is 0 Å². The van der Waals surface area contributed by atoms with Crippen molar-refractivity contribution in [2.45, 2.75) is 162 Å². The van der Waals surface area contributed by atoms with Gasteiger partial charge in [0.25, 0.3) is 0 Å². The molecule has 0 aromatic carbocycles. The van der Waals surface area contributed by atoms with Crippen LogP contribution in [0.4, 0.5) is 0 Å². The smallest absolute Gasteiger partial charge is 0.337 e. The van der Waals surface area contributed by atoms with Gasteiger partial charge in [0, 0.05) is 13.2 Å². The van der Waals surface area contributed by atoms with E-state index in [2.05, 4.69) is 27.7 Å². The fourth-order valence-corrected chi connectivity index (χ4v) is 6.65. The van der Waals surface area contributed by atoms with Crippen molar-refractivity contribution in [1.29, 1.82) is 0 Å². The minimum absolute atomic E-state index is 0.913. The SMILES string of the molecule is CCCCCCCCCCCCCCCCO[Si](CC)(CC)OCCCCCCC. The second-order valence-corrected chi connectivity index (χ2v) is 13.1. The summed E-state index contributed by atoms with van der Waals surface area (Å²) in [5.41, 5.74) is 0. The van der Waals surface area contributed by atoms with Gasteiger partial charge in [-0.15, -0.1) is 0 Å². The quantitative estimate of drug-likeness (QED) is 0.103. The van der Waals surface area contributed by atoms with Gasteiger partial charge in [-0.1, -0.05) is 137 Å². The van der Waals surface area contributed by atoms with E-state index in [9.17, 15) is 0 Å². The van der Waals surface area contributed by atoms with Gasteiger partial charge in [0.2, 0.25) is 0 Å². The molecule has 0 bridgehead atoms. The minimum Gasteiger partial charge on any atom is -0.394 e. The summed E-state index contributed by atoms with van der Waals surface area (Å²) in [7, 11) is -1.92. The first-order valence-electron chi connectivity index (χ1n) is 14.0. The maximum Gasteiger partial charge on any atom is 0.337 e. The van der Waals surface area contributed by atoms with E-state index in [1.54, 1.807) is 0 Å². The predicted molar refractivity (Wildman–Crippen MR) is 138 cm³/mol. The van der Waals surface area contributed by atoms with Crippen molar-refractivity contribution in [2.24, 2.45) is 0 Å². The Bertz CT molecular complexity index is 318. The maximum atomic E-state index is 6.38. The lowest BCUT2D eigenvalue weighted by atomic mass is 10.0. The summed E-state index contributed by atoms with van der Waals surface area (Å²) in [6, 6.07) is 2.19. The first kappa shape index (κ1) is 30.1. The molecule has 0 spiro atoms. The molecule has 3 heteroatoms. The molecule has 0 aliphatic carbocycles. The normalized spacial score (nSPS) is 12.0. The Labute approximate surface area is 192 Å². The van der Waals surface area contributed by atoms with Crippen LogP contribution in [0.2, 0.25) is 12.1 Å². The summed E-state index contributed by atoms with van der Waals surface area (Å²) in [6.07, 6.45) is 26.3. The van der Waals surface area contributed by atoms with Crippen molar-refractivity contribution in [3.8, 4) is 0 Å². The summed E-state index contributed by atoms with van der Waals surface area (Å²) in [6.45, 7) is 10.9. The highest BCUT2D eigenvalue weighted by atomic mass is 28.4. The maximum absolute atomic E-state index is 6.38. The van der Waals surface area contributed by atoms with Gasteiger partial charge < -0.3 is 8.85 Å². The first-order valence-corrected chi connectivity index (χ1v) is 16.3. The van der Waals surface area contributed by atoms with Crippen molar-refractivity contribution in [3.63, 3.8) is 0 Å². The molecule has 0 unspecified atom stereocenters. The molecule has 0 amide bonds. The molecule has 0 aliphatic rings. The Balaban J connectivity index is 3.51. The summed E-state index contributed by atoms with van der Waals surface area (Å²) >= 11 is 0. The molecule has 30 heavy (non-hydrogen) atoms. The molecule has 0 rings (SSSR count). The highest BCUT2D eigenvalue weighted by Gasteiger charge is 2.33. The number of rotatable bonds is 25. The molecule has 0 saturated heterocycles. The van der Waals surface area contributed by atoms with Crippen LogP contribution in [0, 0.1) is 0 Å². The van der Waals surface area contributed by atoms with Crippen LogP contribution in [-0.4, -0.2) is 21.8 Å². The molecule has 0 fully saturated rings. The molecular formula is C27H58O2Si. The molecule has 0 N–H and O–H groups in total. The Morgan fingerprint density at radius 1 is 0.367 bits per heavy atom. The lowest BCUT2D eigenvalue weighted by Crippen LogP contribution is -2.41. The molecule has 0 heterocycles. The van der Waals surface area contributed by atoms with E-state index in [0.29, 0.717) is 0 Å².